The fourth-order valence-electron chi connectivity index (χ4n) is 11.7. The normalized spacial score (nSPS) is 20.6. The number of rotatable bonds is 13. The molecule has 71 heavy (non-hydrogen) atoms. The van der Waals surface area contributed by atoms with E-state index < -0.39 is 11.9 Å². The Labute approximate surface area is 416 Å². The number of piperidine rings is 1. The molecular formula is C56H58N8O6S. The molecule has 0 unspecified atom stereocenters. The summed E-state index contributed by atoms with van der Waals surface area (Å²) in [5.41, 5.74) is 8.73. The summed E-state index contributed by atoms with van der Waals surface area (Å²) in [5, 5.41) is 22.4. The number of carbonyl (C=O) groups excluding carboxylic acids is 3. The number of carboxylic acids is 1. The van der Waals surface area contributed by atoms with Crippen LogP contribution in [-0.2, 0) is 29.6 Å². The number of hydrogen-bond donors (Lipinski definition) is 3. The van der Waals surface area contributed by atoms with E-state index in [0.29, 0.717) is 66.3 Å². The molecule has 3 N–H and O–H groups in total. The van der Waals surface area contributed by atoms with Gasteiger partial charge in [0.15, 0.2) is 10.8 Å². The second-order valence-electron chi connectivity index (χ2n) is 19.8. The molecule has 3 aliphatic heterocycles. The van der Waals surface area contributed by atoms with Crippen LogP contribution in [-0.4, -0.2) is 85.7 Å². The number of likely N-dealkylation sites (tertiary alicyclic amines) is 1. The zero-order valence-electron chi connectivity index (χ0n) is 40.2. The van der Waals surface area contributed by atoms with Crippen molar-refractivity contribution in [2.24, 2.45) is 13.0 Å². The number of amides is 3. The predicted octanol–water partition coefficient (Wildman–Crippen LogP) is 9.79. The lowest BCUT2D eigenvalue weighted by Crippen LogP contribution is -2.39. The van der Waals surface area contributed by atoms with Gasteiger partial charge < -0.3 is 19.6 Å². The van der Waals surface area contributed by atoms with E-state index in [2.05, 4.69) is 38.7 Å². The van der Waals surface area contributed by atoms with Gasteiger partial charge in [0.2, 0.25) is 11.8 Å². The Kier molecular flexibility index (Phi) is 12.9. The summed E-state index contributed by atoms with van der Waals surface area (Å²) in [6.07, 6.45) is 9.26. The van der Waals surface area contributed by atoms with E-state index in [1.54, 1.807) is 0 Å². The van der Waals surface area contributed by atoms with Gasteiger partial charge in [-0.05, 0) is 154 Å². The minimum Gasteiger partial charge on any atom is -0.490 e. The average molecular weight is 971 g/mol. The third kappa shape index (κ3) is 9.40. The molecule has 6 heterocycles. The Balaban J connectivity index is 0.686. The Morgan fingerprint density at radius 3 is 2.54 bits per heavy atom. The molecule has 4 aliphatic rings. The van der Waals surface area contributed by atoms with Gasteiger partial charge in [0.25, 0.3) is 5.91 Å². The molecule has 7 aromatic rings. The van der Waals surface area contributed by atoms with E-state index in [1.165, 1.54) is 23.3 Å². The summed E-state index contributed by atoms with van der Waals surface area (Å²) in [6, 6.07) is 29.6. The highest BCUT2D eigenvalue weighted by molar-refractivity contribution is 7.22. The quantitative estimate of drug-likeness (QED) is 0.0940. The number of hydrogen-bond acceptors (Lipinski definition) is 11. The fraction of sp³-hybridized carbons (Fsp3) is 0.375. The zero-order valence-corrected chi connectivity index (χ0v) is 41.0. The summed E-state index contributed by atoms with van der Waals surface area (Å²) in [6.45, 7) is 6.19. The molecule has 11 rings (SSSR count). The number of nitrogens with one attached hydrogen (secondary N) is 2. The number of nitrogens with zero attached hydrogens (tertiary/aromatic N) is 6. The number of imide groups is 1. The number of para-hydroxylation sites is 2. The molecule has 3 aromatic heterocycles. The number of aromatic carboxylic acids is 1. The topological polar surface area (TPSA) is 172 Å². The highest BCUT2D eigenvalue weighted by Gasteiger charge is 2.34. The van der Waals surface area contributed by atoms with Crippen molar-refractivity contribution in [2.45, 2.75) is 95.6 Å². The number of aromatic nitrogens is 4. The third-order valence-corrected chi connectivity index (χ3v) is 16.3. The Bertz CT molecular complexity index is 3180. The van der Waals surface area contributed by atoms with Gasteiger partial charge in [0.05, 0.1) is 33.4 Å². The lowest BCUT2D eigenvalue weighted by atomic mass is 9.84. The summed E-state index contributed by atoms with van der Waals surface area (Å²) in [7, 11) is 1.96. The molecule has 2 atom stereocenters. The van der Waals surface area contributed by atoms with E-state index >= 15 is 0 Å². The van der Waals surface area contributed by atoms with Crippen LogP contribution in [0.5, 0.6) is 5.75 Å². The number of carbonyl (C=O) groups is 4. The molecule has 3 fully saturated rings. The van der Waals surface area contributed by atoms with Gasteiger partial charge in [-0.15, -0.1) is 0 Å². The van der Waals surface area contributed by atoms with Crippen LogP contribution in [0, 0.1) is 12.8 Å². The van der Waals surface area contributed by atoms with Gasteiger partial charge in [-0.25, -0.2) is 14.8 Å². The Morgan fingerprint density at radius 2 is 1.70 bits per heavy atom. The molecule has 0 spiro atoms. The lowest BCUT2D eigenvalue weighted by molar-refractivity contribution is -0.134. The highest BCUT2D eigenvalue weighted by Crippen LogP contribution is 2.39. The van der Waals surface area contributed by atoms with Crippen molar-refractivity contribution in [1.29, 1.82) is 0 Å². The van der Waals surface area contributed by atoms with Crippen molar-refractivity contribution < 1.29 is 29.0 Å². The Hall–Kier alpha value is -6.97. The molecule has 4 aromatic carbocycles. The van der Waals surface area contributed by atoms with E-state index in [9.17, 15) is 24.3 Å². The maximum atomic E-state index is 13.7. The number of pyridine rings is 1. The summed E-state index contributed by atoms with van der Waals surface area (Å²) < 4.78 is 9.63. The number of anilines is 2. The first kappa shape index (κ1) is 46.4. The standard InChI is InChI=1S/C56H58N8O6S/c1-33-38(40-22-24-48(58-51(40)55(68)69)64-30-27-35-10-5-13-41(44(35)32-64)53(66)60-56-57-45-15-3-4-17-47(45)71-56)11-7-16-46(33)70-37-20-18-34(19-21-37)9-8-28-63-29-26-36(31-63)39-12-6-14-42-50(61-62(2)52(39)42)43-23-25-49(65)59-54(43)67/h3-7,10-17,22,24,34,36-37,43H,8-9,18-21,23,25-32H2,1-2H3,(H,68,69)(H,57,60,66)(H,59,65,67)/t34?,36-,37?,43+/m0/s1. The lowest BCUT2D eigenvalue weighted by Gasteiger charge is -2.31. The van der Waals surface area contributed by atoms with Crippen LogP contribution in [0.25, 0.3) is 32.2 Å². The van der Waals surface area contributed by atoms with E-state index in [4.69, 9.17) is 14.8 Å². The van der Waals surface area contributed by atoms with Crippen LogP contribution in [0.2, 0.25) is 0 Å². The van der Waals surface area contributed by atoms with E-state index in [1.807, 2.05) is 96.3 Å². The maximum absolute atomic E-state index is 13.7. The second-order valence-corrected chi connectivity index (χ2v) is 20.8. The van der Waals surface area contributed by atoms with Crippen molar-refractivity contribution in [1.82, 2.24) is 30.0 Å². The minimum absolute atomic E-state index is 0.0215. The summed E-state index contributed by atoms with van der Waals surface area (Å²) in [4.78, 5) is 65.1. The van der Waals surface area contributed by atoms with Crippen molar-refractivity contribution in [3.63, 3.8) is 0 Å². The zero-order chi connectivity index (χ0) is 48.8. The number of thiazole rings is 1. The third-order valence-electron chi connectivity index (χ3n) is 15.4. The van der Waals surface area contributed by atoms with Crippen LogP contribution >= 0.6 is 11.3 Å². The molecule has 0 radical (unpaired) electrons. The maximum Gasteiger partial charge on any atom is 0.355 e. The Morgan fingerprint density at radius 1 is 0.873 bits per heavy atom. The van der Waals surface area contributed by atoms with Crippen molar-refractivity contribution >= 4 is 67.1 Å². The number of ether oxygens (including phenoxy) is 1. The monoisotopic (exact) mass is 970 g/mol. The predicted molar refractivity (Wildman–Crippen MR) is 275 cm³/mol. The fourth-order valence-corrected chi connectivity index (χ4v) is 12.5. The van der Waals surface area contributed by atoms with Crippen molar-refractivity contribution in [3.8, 4) is 16.9 Å². The van der Waals surface area contributed by atoms with Gasteiger partial charge in [-0.2, -0.15) is 5.10 Å². The first-order chi connectivity index (χ1) is 34.5. The van der Waals surface area contributed by atoms with Gasteiger partial charge >= 0.3 is 5.97 Å². The van der Waals surface area contributed by atoms with Crippen LogP contribution in [0.3, 0.4) is 0 Å². The summed E-state index contributed by atoms with van der Waals surface area (Å²) >= 11 is 1.44. The largest absolute Gasteiger partial charge is 0.490 e. The molecule has 15 heteroatoms. The van der Waals surface area contributed by atoms with E-state index in [-0.39, 0.29) is 29.5 Å². The molecule has 364 valence electrons. The van der Waals surface area contributed by atoms with Crippen molar-refractivity contribution in [2.75, 3.05) is 36.4 Å². The first-order valence-corrected chi connectivity index (χ1v) is 25.9. The van der Waals surface area contributed by atoms with Gasteiger partial charge in [0, 0.05) is 49.6 Å². The van der Waals surface area contributed by atoms with Gasteiger partial charge in [-0.1, -0.05) is 65.9 Å². The van der Waals surface area contributed by atoms with Crippen molar-refractivity contribution in [3.05, 3.63) is 130 Å². The second kappa shape index (κ2) is 19.7. The molecule has 1 saturated carbocycles. The molecular weight excluding hydrogens is 913 g/mol. The molecule has 0 bridgehead atoms. The van der Waals surface area contributed by atoms with E-state index in [0.717, 1.165) is 113 Å². The number of carboxylic acid groups (broad SMARTS) is 1. The smallest absolute Gasteiger partial charge is 0.355 e. The highest BCUT2D eigenvalue weighted by atomic mass is 32.1. The number of aryl methyl sites for hydroxylation is 1. The SMILES string of the molecule is Cc1c(OC2CCC(CCCN3CC[C@H](c4cccc5c([C@H]6CCC(=O)NC6=O)nn(C)c45)C3)CC2)cccc1-c1ccc(N2CCc3cccc(C(=O)Nc4nc5ccccc5s4)c3C2)nc1C(=O)O. The van der Waals surface area contributed by atoms with Gasteiger partial charge in [0.1, 0.15) is 11.6 Å². The molecule has 2 saturated heterocycles. The first-order valence-electron chi connectivity index (χ1n) is 25.1. The minimum atomic E-state index is -1.10. The molecule has 3 amide bonds. The number of fused-ring (bicyclic) bond motifs is 3. The van der Waals surface area contributed by atoms with Crippen LogP contribution in [0.1, 0.15) is 118 Å². The molecule has 14 nitrogen and oxygen atoms in total. The average Bonchev–Trinajstić information content (AvgIpc) is 4.11. The van der Waals surface area contributed by atoms with Gasteiger partial charge in [-0.3, -0.25) is 29.7 Å². The van der Waals surface area contributed by atoms with Crippen LogP contribution < -0.4 is 20.3 Å². The van der Waals surface area contributed by atoms with Crippen LogP contribution in [0.4, 0.5) is 10.9 Å². The summed E-state index contributed by atoms with van der Waals surface area (Å²) in [5.74, 6) is 0.181. The molecule has 1 aliphatic carbocycles. The van der Waals surface area contributed by atoms with Crippen LogP contribution in [0.15, 0.2) is 91.0 Å². The number of benzene rings is 4.